The number of hydrogen-bond acceptors (Lipinski definition) is 6. The van der Waals surface area contributed by atoms with Gasteiger partial charge in [-0.15, -0.1) is 0 Å². The molecule has 184 valence electrons. The zero-order valence-corrected chi connectivity index (χ0v) is 20.2. The first-order valence-corrected chi connectivity index (χ1v) is 12.6. The van der Waals surface area contributed by atoms with Gasteiger partial charge >= 0.3 is 0 Å². The number of carbonyl (C=O) groups is 1. The highest BCUT2D eigenvalue weighted by Crippen LogP contribution is 2.31. The molecule has 5 rings (SSSR count). The van der Waals surface area contributed by atoms with Gasteiger partial charge in [-0.2, -0.15) is 0 Å². The summed E-state index contributed by atoms with van der Waals surface area (Å²) in [5.74, 6) is 1.18. The fraction of sp³-hybridized carbons (Fsp3) is 0.444. The number of fused-ring (bicyclic) bond motifs is 1. The molecule has 2 saturated heterocycles. The molecule has 7 nitrogen and oxygen atoms in total. The van der Waals surface area contributed by atoms with Gasteiger partial charge in [-0.05, 0) is 55.7 Å². The third kappa shape index (κ3) is 5.16. The molecule has 1 atom stereocenters. The second-order valence-corrected chi connectivity index (χ2v) is 9.26. The largest absolute Gasteiger partial charge is 0.475 e. The predicted octanol–water partition coefficient (Wildman–Crippen LogP) is 4.12. The zero-order chi connectivity index (χ0) is 24.2. The lowest BCUT2D eigenvalue weighted by atomic mass is 9.96. The van der Waals surface area contributed by atoms with Gasteiger partial charge in [-0.3, -0.25) is 4.79 Å². The Morgan fingerprint density at radius 2 is 1.69 bits per heavy atom. The van der Waals surface area contributed by atoms with Gasteiger partial charge in [-0.1, -0.05) is 19.1 Å². The molecule has 1 amide bonds. The minimum absolute atomic E-state index is 0.0755. The first kappa shape index (κ1) is 23.3. The molecule has 3 aromatic rings. The van der Waals surface area contributed by atoms with Crippen LogP contribution in [0.2, 0.25) is 0 Å². The number of benzene rings is 2. The minimum atomic E-state index is -0.233. The van der Waals surface area contributed by atoms with Gasteiger partial charge < -0.3 is 19.4 Å². The lowest BCUT2D eigenvalue weighted by Gasteiger charge is -2.40. The number of piperidine rings is 1. The minimum Gasteiger partial charge on any atom is -0.475 e. The molecular formula is C27H32FN5O2. The number of aromatic nitrogens is 2. The van der Waals surface area contributed by atoms with Crippen LogP contribution in [-0.4, -0.2) is 66.7 Å². The monoisotopic (exact) mass is 477 g/mol. The number of piperazine rings is 1. The Balaban J connectivity index is 1.27. The van der Waals surface area contributed by atoms with Crippen LogP contribution in [0.1, 0.15) is 26.2 Å². The smallest absolute Gasteiger partial charge is 0.258 e. The van der Waals surface area contributed by atoms with Crippen molar-refractivity contribution in [2.75, 3.05) is 55.7 Å². The van der Waals surface area contributed by atoms with Gasteiger partial charge in [-0.25, -0.2) is 14.4 Å². The van der Waals surface area contributed by atoms with Crippen LogP contribution >= 0.6 is 0 Å². The lowest BCUT2D eigenvalue weighted by Crippen LogP contribution is -2.52. The van der Waals surface area contributed by atoms with Crippen molar-refractivity contribution in [3.05, 3.63) is 54.3 Å². The predicted molar refractivity (Wildman–Crippen MR) is 135 cm³/mol. The maximum Gasteiger partial charge on any atom is 0.258 e. The van der Waals surface area contributed by atoms with Gasteiger partial charge in [0.1, 0.15) is 5.82 Å². The number of ether oxygens (including phenoxy) is 1. The number of anilines is 2. The Hall–Kier alpha value is -3.42. The van der Waals surface area contributed by atoms with Gasteiger partial charge in [0.2, 0.25) is 5.91 Å². The average Bonchev–Trinajstić information content (AvgIpc) is 2.91. The van der Waals surface area contributed by atoms with Crippen LogP contribution in [0.15, 0.2) is 48.5 Å². The fourth-order valence-electron chi connectivity index (χ4n) is 4.94. The second-order valence-electron chi connectivity index (χ2n) is 9.26. The van der Waals surface area contributed by atoms with E-state index in [9.17, 15) is 9.18 Å². The van der Waals surface area contributed by atoms with Crippen molar-refractivity contribution in [1.29, 1.82) is 0 Å². The molecule has 1 aromatic heterocycles. The number of halogens is 1. The highest BCUT2D eigenvalue weighted by Gasteiger charge is 2.33. The second kappa shape index (κ2) is 10.5. The SMILES string of the molecule is CCCOc1nc2ccccc2nc1N1CCCC(C(=O)N2CCN(c3ccc(F)cc3)CC2)C1. The summed E-state index contributed by atoms with van der Waals surface area (Å²) in [5, 5.41) is 0. The molecule has 2 aliphatic heterocycles. The maximum absolute atomic E-state index is 13.5. The first-order valence-electron chi connectivity index (χ1n) is 12.6. The zero-order valence-electron chi connectivity index (χ0n) is 20.2. The molecule has 3 heterocycles. The molecule has 0 spiro atoms. The molecule has 2 fully saturated rings. The number of rotatable bonds is 6. The Bertz CT molecular complexity index is 1160. The summed E-state index contributed by atoms with van der Waals surface area (Å²) in [6.07, 6.45) is 2.69. The molecule has 0 saturated carbocycles. The summed E-state index contributed by atoms with van der Waals surface area (Å²) < 4.78 is 19.2. The van der Waals surface area contributed by atoms with E-state index in [4.69, 9.17) is 14.7 Å². The number of hydrogen-bond donors (Lipinski definition) is 0. The summed E-state index contributed by atoms with van der Waals surface area (Å²) >= 11 is 0. The molecule has 1 unspecified atom stereocenters. The maximum atomic E-state index is 13.5. The molecular weight excluding hydrogens is 445 g/mol. The fourth-order valence-corrected chi connectivity index (χ4v) is 4.94. The van der Waals surface area contributed by atoms with Crippen molar-refractivity contribution in [2.24, 2.45) is 5.92 Å². The molecule has 2 aromatic carbocycles. The van der Waals surface area contributed by atoms with E-state index in [1.807, 2.05) is 29.2 Å². The van der Waals surface area contributed by atoms with Crippen molar-refractivity contribution < 1.29 is 13.9 Å². The number of nitrogens with zero attached hydrogens (tertiary/aromatic N) is 5. The van der Waals surface area contributed by atoms with Crippen LogP contribution < -0.4 is 14.5 Å². The molecule has 0 bridgehead atoms. The third-order valence-electron chi connectivity index (χ3n) is 6.82. The highest BCUT2D eigenvalue weighted by molar-refractivity contribution is 5.81. The van der Waals surface area contributed by atoms with E-state index in [1.54, 1.807) is 12.1 Å². The first-order chi connectivity index (χ1) is 17.1. The summed E-state index contributed by atoms with van der Waals surface area (Å²) in [6.45, 7) is 6.94. The number of para-hydroxylation sites is 2. The van der Waals surface area contributed by atoms with Crippen LogP contribution in [0.5, 0.6) is 5.88 Å². The number of carbonyl (C=O) groups excluding carboxylic acids is 1. The van der Waals surface area contributed by atoms with E-state index in [0.29, 0.717) is 32.1 Å². The Morgan fingerprint density at radius 1 is 0.971 bits per heavy atom. The van der Waals surface area contributed by atoms with E-state index >= 15 is 0 Å². The van der Waals surface area contributed by atoms with Crippen LogP contribution in [-0.2, 0) is 4.79 Å². The van der Waals surface area contributed by atoms with E-state index in [-0.39, 0.29) is 17.6 Å². The van der Waals surface area contributed by atoms with Crippen LogP contribution in [0, 0.1) is 11.7 Å². The van der Waals surface area contributed by atoms with E-state index in [0.717, 1.165) is 61.4 Å². The number of amides is 1. The van der Waals surface area contributed by atoms with Gasteiger partial charge in [0.05, 0.1) is 23.6 Å². The molecule has 2 aliphatic rings. The highest BCUT2D eigenvalue weighted by atomic mass is 19.1. The molecule has 0 radical (unpaired) electrons. The lowest BCUT2D eigenvalue weighted by molar-refractivity contribution is -0.136. The summed E-state index contributed by atoms with van der Waals surface area (Å²) in [5.41, 5.74) is 2.64. The normalized spacial score (nSPS) is 18.7. The Kier molecular flexibility index (Phi) is 6.97. The van der Waals surface area contributed by atoms with E-state index < -0.39 is 0 Å². The van der Waals surface area contributed by atoms with Gasteiger partial charge in [0, 0.05) is 45.0 Å². The van der Waals surface area contributed by atoms with Gasteiger partial charge in [0.25, 0.3) is 5.88 Å². The summed E-state index contributed by atoms with van der Waals surface area (Å²) in [7, 11) is 0. The topological polar surface area (TPSA) is 61.8 Å². The quantitative estimate of drug-likeness (QED) is 0.532. The van der Waals surface area contributed by atoms with Crippen molar-refractivity contribution in [1.82, 2.24) is 14.9 Å². The Morgan fingerprint density at radius 3 is 2.40 bits per heavy atom. The summed E-state index contributed by atoms with van der Waals surface area (Å²) in [4.78, 5) is 29.4. The van der Waals surface area contributed by atoms with Crippen LogP contribution in [0.3, 0.4) is 0 Å². The molecule has 0 aliphatic carbocycles. The summed E-state index contributed by atoms with van der Waals surface area (Å²) in [6, 6.07) is 14.4. The van der Waals surface area contributed by atoms with Crippen molar-refractivity contribution in [3.8, 4) is 5.88 Å². The Labute approximate surface area is 205 Å². The van der Waals surface area contributed by atoms with Crippen LogP contribution in [0.4, 0.5) is 15.9 Å². The molecule has 0 N–H and O–H groups in total. The third-order valence-corrected chi connectivity index (χ3v) is 6.82. The van der Waals surface area contributed by atoms with E-state index in [1.165, 1.54) is 12.1 Å². The molecule has 35 heavy (non-hydrogen) atoms. The van der Waals surface area contributed by atoms with Gasteiger partial charge in [0.15, 0.2) is 5.82 Å². The van der Waals surface area contributed by atoms with Crippen LogP contribution in [0.25, 0.3) is 11.0 Å². The van der Waals surface area contributed by atoms with Crippen molar-refractivity contribution >= 4 is 28.4 Å². The van der Waals surface area contributed by atoms with Crippen molar-refractivity contribution in [3.63, 3.8) is 0 Å². The average molecular weight is 478 g/mol. The molecule has 8 heteroatoms. The van der Waals surface area contributed by atoms with E-state index in [2.05, 4.69) is 16.7 Å². The van der Waals surface area contributed by atoms with Crippen molar-refractivity contribution in [2.45, 2.75) is 26.2 Å². The standard InChI is InChI=1S/C27H32FN5O2/c1-2-18-35-26-25(29-23-7-3-4-8-24(23)30-26)33-13-5-6-20(19-33)27(34)32-16-14-31(15-17-32)22-11-9-21(28)10-12-22/h3-4,7-12,20H,2,5-6,13-19H2,1H3.